The molecular formula is C23H44N8O6. The van der Waals surface area contributed by atoms with Gasteiger partial charge in [-0.05, 0) is 43.9 Å². The van der Waals surface area contributed by atoms with Crippen molar-refractivity contribution in [2.45, 2.75) is 90.4 Å². The third kappa shape index (κ3) is 15.3. The van der Waals surface area contributed by atoms with Gasteiger partial charge in [0, 0.05) is 13.0 Å². The van der Waals surface area contributed by atoms with Gasteiger partial charge >= 0.3 is 5.97 Å². The van der Waals surface area contributed by atoms with Gasteiger partial charge in [0.25, 0.3) is 0 Å². The maximum atomic E-state index is 13.1. The van der Waals surface area contributed by atoms with Gasteiger partial charge in [-0.15, -0.1) is 0 Å². The zero-order valence-electron chi connectivity index (χ0n) is 22.2. The molecule has 14 nitrogen and oxygen atoms in total. The van der Waals surface area contributed by atoms with Gasteiger partial charge in [0.05, 0.1) is 6.04 Å². The van der Waals surface area contributed by atoms with Gasteiger partial charge in [-0.25, -0.2) is 4.79 Å². The highest BCUT2D eigenvalue weighted by molar-refractivity contribution is 5.94. The summed E-state index contributed by atoms with van der Waals surface area (Å²) in [6, 6.07) is -4.40. The topological polar surface area (TPSA) is 258 Å². The molecule has 0 aliphatic carbocycles. The SMILES string of the molecule is CC(C)CC(N)C(=O)NC(CCC(N)=O)C(=O)NC(CCCN=C(N)N)C(=O)NC(CC(C)C)C(=O)O. The van der Waals surface area contributed by atoms with Crippen LogP contribution in [0.25, 0.3) is 0 Å². The lowest BCUT2D eigenvalue weighted by atomic mass is 10.0. The maximum absolute atomic E-state index is 13.1. The van der Waals surface area contributed by atoms with Gasteiger partial charge < -0.3 is 44.0 Å². The molecule has 0 saturated carbocycles. The summed E-state index contributed by atoms with van der Waals surface area (Å²) in [6.07, 6.45) is 0.601. The number of primary amides is 1. The van der Waals surface area contributed by atoms with Crippen LogP contribution in [0.3, 0.4) is 0 Å². The summed E-state index contributed by atoms with van der Waals surface area (Å²) in [5.74, 6) is -3.97. The minimum absolute atomic E-state index is 0.0141. The zero-order valence-corrected chi connectivity index (χ0v) is 22.2. The van der Waals surface area contributed by atoms with Crippen molar-refractivity contribution in [3.05, 3.63) is 0 Å². The van der Waals surface area contributed by atoms with E-state index in [1.165, 1.54) is 0 Å². The Morgan fingerprint density at radius 3 is 1.70 bits per heavy atom. The Hall–Kier alpha value is -3.42. The minimum atomic E-state index is -1.21. The Balaban J connectivity index is 5.70. The van der Waals surface area contributed by atoms with E-state index >= 15 is 0 Å². The number of hydrogen-bond acceptors (Lipinski definition) is 7. The van der Waals surface area contributed by atoms with Crippen LogP contribution in [-0.4, -0.2) is 71.4 Å². The Bertz CT molecular complexity index is 813. The summed E-state index contributed by atoms with van der Waals surface area (Å²) in [4.78, 5) is 65.4. The summed E-state index contributed by atoms with van der Waals surface area (Å²) in [6.45, 7) is 7.57. The van der Waals surface area contributed by atoms with Gasteiger partial charge in [0.15, 0.2) is 5.96 Å². The molecule has 212 valence electrons. The van der Waals surface area contributed by atoms with Crippen molar-refractivity contribution < 1.29 is 29.1 Å². The predicted molar refractivity (Wildman–Crippen MR) is 139 cm³/mol. The van der Waals surface area contributed by atoms with Gasteiger partial charge in [0.1, 0.15) is 18.1 Å². The number of rotatable bonds is 18. The lowest BCUT2D eigenvalue weighted by Gasteiger charge is -2.25. The first-order valence-corrected chi connectivity index (χ1v) is 12.4. The van der Waals surface area contributed by atoms with Crippen molar-refractivity contribution in [1.82, 2.24) is 16.0 Å². The lowest BCUT2D eigenvalue weighted by Crippen LogP contribution is -2.57. The van der Waals surface area contributed by atoms with Crippen LogP contribution >= 0.6 is 0 Å². The molecule has 4 unspecified atom stereocenters. The smallest absolute Gasteiger partial charge is 0.326 e. The number of amides is 4. The molecule has 0 aromatic rings. The van der Waals surface area contributed by atoms with Gasteiger partial charge in [0.2, 0.25) is 23.6 Å². The second-order valence-corrected chi connectivity index (χ2v) is 9.84. The zero-order chi connectivity index (χ0) is 28.7. The van der Waals surface area contributed by atoms with Crippen molar-refractivity contribution in [3.63, 3.8) is 0 Å². The van der Waals surface area contributed by atoms with E-state index in [4.69, 9.17) is 22.9 Å². The molecule has 0 heterocycles. The van der Waals surface area contributed by atoms with E-state index in [-0.39, 0.29) is 56.4 Å². The van der Waals surface area contributed by atoms with Crippen LogP contribution in [-0.2, 0) is 24.0 Å². The highest BCUT2D eigenvalue weighted by Crippen LogP contribution is 2.09. The summed E-state index contributed by atoms with van der Waals surface area (Å²) in [5, 5.41) is 17.0. The van der Waals surface area contributed by atoms with Crippen LogP contribution < -0.4 is 38.9 Å². The fourth-order valence-electron chi connectivity index (χ4n) is 3.46. The number of aliphatic carboxylic acids is 1. The fraction of sp³-hybridized carbons (Fsp3) is 0.739. The molecule has 0 aromatic heterocycles. The van der Waals surface area contributed by atoms with Gasteiger partial charge in [-0.3, -0.25) is 24.2 Å². The van der Waals surface area contributed by atoms with E-state index in [0.717, 1.165) is 0 Å². The van der Waals surface area contributed by atoms with E-state index in [2.05, 4.69) is 20.9 Å². The summed E-state index contributed by atoms with van der Waals surface area (Å²) < 4.78 is 0. The van der Waals surface area contributed by atoms with Gasteiger partial charge in [-0.1, -0.05) is 27.7 Å². The average Bonchev–Trinajstić information content (AvgIpc) is 2.76. The van der Waals surface area contributed by atoms with Crippen molar-refractivity contribution in [2.75, 3.05) is 6.54 Å². The van der Waals surface area contributed by atoms with Crippen LogP contribution in [0.15, 0.2) is 4.99 Å². The minimum Gasteiger partial charge on any atom is -0.480 e. The van der Waals surface area contributed by atoms with Crippen LogP contribution in [0.2, 0.25) is 0 Å². The Morgan fingerprint density at radius 2 is 1.24 bits per heavy atom. The molecule has 4 atom stereocenters. The molecule has 0 radical (unpaired) electrons. The molecule has 12 N–H and O–H groups in total. The second kappa shape index (κ2) is 17.1. The number of carbonyl (C=O) groups excluding carboxylic acids is 4. The lowest BCUT2D eigenvalue weighted by molar-refractivity contribution is -0.142. The molecule has 37 heavy (non-hydrogen) atoms. The van der Waals surface area contributed by atoms with E-state index in [0.29, 0.717) is 6.42 Å². The van der Waals surface area contributed by atoms with Crippen molar-refractivity contribution in [2.24, 2.45) is 39.8 Å². The molecular weight excluding hydrogens is 484 g/mol. The Labute approximate surface area is 217 Å². The van der Waals surface area contributed by atoms with Crippen molar-refractivity contribution in [3.8, 4) is 0 Å². The third-order valence-corrected chi connectivity index (χ3v) is 5.27. The number of carboxylic acids is 1. The van der Waals surface area contributed by atoms with E-state index < -0.39 is 53.8 Å². The number of nitrogens with one attached hydrogen (secondary N) is 3. The van der Waals surface area contributed by atoms with Crippen LogP contribution in [0.1, 0.15) is 66.2 Å². The highest BCUT2D eigenvalue weighted by atomic mass is 16.4. The molecule has 0 saturated heterocycles. The van der Waals surface area contributed by atoms with Gasteiger partial charge in [-0.2, -0.15) is 0 Å². The summed E-state index contributed by atoms with van der Waals surface area (Å²) >= 11 is 0. The standard InChI is InChI=1S/C23H44N8O6/c1-12(2)10-14(24)19(33)29-16(7-8-18(25)32)21(35)30-15(6-5-9-28-23(26)27)20(34)31-17(22(36)37)11-13(3)4/h12-17H,5-11,24H2,1-4H3,(H2,25,32)(H,29,33)(H,30,35)(H,31,34)(H,36,37)(H4,26,27,28). The molecule has 0 aliphatic heterocycles. The first-order chi connectivity index (χ1) is 17.1. The molecule has 0 fully saturated rings. The highest BCUT2D eigenvalue weighted by Gasteiger charge is 2.30. The monoisotopic (exact) mass is 528 g/mol. The average molecular weight is 529 g/mol. The normalized spacial score (nSPS) is 14.2. The summed E-state index contributed by atoms with van der Waals surface area (Å²) in [7, 11) is 0. The van der Waals surface area contributed by atoms with Crippen molar-refractivity contribution >= 4 is 35.6 Å². The number of nitrogens with two attached hydrogens (primary N) is 4. The Kier molecular flexibility index (Phi) is 15.5. The molecule has 0 rings (SSSR count). The number of nitrogens with zero attached hydrogens (tertiary/aromatic N) is 1. The fourth-order valence-corrected chi connectivity index (χ4v) is 3.46. The molecule has 14 heteroatoms. The van der Waals surface area contributed by atoms with Crippen LogP contribution in [0.5, 0.6) is 0 Å². The molecule has 0 aliphatic rings. The van der Waals surface area contributed by atoms with E-state index in [9.17, 15) is 29.1 Å². The molecule has 4 amide bonds. The first kappa shape index (κ1) is 33.6. The van der Waals surface area contributed by atoms with Crippen LogP contribution in [0, 0.1) is 11.8 Å². The quantitative estimate of drug-likeness (QED) is 0.0569. The predicted octanol–water partition coefficient (Wildman–Crippen LogP) is -1.74. The number of carbonyl (C=O) groups is 5. The number of guanidine groups is 1. The number of hydrogen-bond donors (Lipinski definition) is 8. The van der Waals surface area contributed by atoms with E-state index in [1.54, 1.807) is 0 Å². The molecule has 0 spiro atoms. The molecule has 0 bridgehead atoms. The Morgan fingerprint density at radius 1 is 0.757 bits per heavy atom. The van der Waals surface area contributed by atoms with Crippen LogP contribution in [0.4, 0.5) is 0 Å². The number of carboxylic acid groups (broad SMARTS) is 1. The maximum Gasteiger partial charge on any atom is 0.326 e. The largest absolute Gasteiger partial charge is 0.480 e. The second-order valence-electron chi connectivity index (χ2n) is 9.84. The summed E-state index contributed by atoms with van der Waals surface area (Å²) in [5.41, 5.74) is 21.8. The first-order valence-electron chi connectivity index (χ1n) is 12.4. The number of aliphatic imine (C=N–C) groups is 1. The van der Waals surface area contributed by atoms with Crippen molar-refractivity contribution in [1.29, 1.82) is 0 Å². The van der Waals surface area contributed by atoms with E-state index in [1.807, 2.05) is 27.7 Å². The molecule has 0 aromatic carbocycles. The third-order valence-electron chi connectivity index (χ3n) is 5.27.